The van der Waals surface area contributed by atoms with Gasteiger partial charge >= 0.3 is 0 Å². The van der Waals surface area contributed by atoms with Crippen LogP contribution < -0.4 is 15.0 Å². The summed E-state index contributed by atoms with van der Waals surface area (Å²) in [6.45, 7) is 6.36. The summed E-state index contributed by atoms with van der Waals surface area (Å²) in [7, 11) is 1.66. The minimum absolute atomic E-state index is 0.0404. The van der Waals surface area contributed by atoms with Crippen LogP contribution in [0.15, 0.2) is 30.6 Å². The van der Waals surface area contributed by atoms with Crippen molar-refractivity contribution in [2.75, 3.05) is 31.6 Å². The van der Waals surface area contributed by atoms with E-state index in [1.807, 2.05) is 35.7 Å². The van der Waals surface area contributed by atoms with Crippen molar-refractivity contribution in [2.45, 2.75) is 39.5 Å². The lowest BCUT2D eigenvalue weighted by atomic mass is 9.96. The van der Waals surface area contributed by atoms with Crippen LogP contribution in [0.1, 0.15) is 36.6 Å². The van der Waals surface area contributed by atoms with Crippen molar-refractivity contribution in [1.82, 2.24) is 24.9 Å². The summed E-state index contributed by atoms with van der Waals surface area (Å²) < 4.78 is 7.01. The predicted octanol–water partition coefficient (Wildman–Crippen LogP) is 2.58. The van der Waals surface area contributed by atoms with Crippen LogP contribution in [-0.4, -0.2) is 52.2 Å². The average molecular weight is 423 g/mol. The number of hydrogen-bond acceptors (Lipinski definition) is 6. The highest BCUT2D eigenvalue weighted by atomic mass is 16.5. The van der Waals surface area contributed by atoms with Crippen LogP contribution in [0.4, 0.5) is 5.82 Å². The first-order valence-electron chi connectivity index (χ1n) is 11.0. The number of fused-ring (bicyclic) bond motifs is 1. The zero-order valence-electron chi connectivity index (χ0n) is 18.5. The molecule has 0 unspecified atom stereocenters. The number of nitrogens with zero attached hydrogens (tertiary/aromatic N) is 5. The highest BCUT2D eigenvalue weighted by Crippen LogP contribution is 2.28. The number of carbonyl (C=O) groups excluding carboxylic acids is 1. The van der Waals surface area contributed by atoms with Crippen LogP contribution >= 0.6 is 0 Å². The van der Waals surface area contributed by atoms with Crippen LogP contribution in [0.5, 0.6) is 5.75 Å². The van der Waals surface area contributed by atoms with Gasteiger partial charge in [0.2, 0.25) is 5.91 Å². The summed E-state index contributed by atoms with van der Waals surface area (Å²) in [5, 5.41) is 7.53. The van der Waals surface area contributed by atoms with Gasteiger partial charge in [-0.25, -0.2) is 4.98 Å². The number of aryl methyl sites for hydroxylation is 1. The van der Waals surface area contributed by atoms with E-state index < -0.39 is 0 Å². The topological polar surface area (TPSA) is 84.7 Å². The van der Waals surface area contributed by atoms with E-state index in [1.54, 1.807) is 7.11 Å². The summed E-state index contributed by atoms with van der Waals surface area (Å²) in [5.74, 6) is 2.56. The Hall–Kier alpha value is -3.16. The first-order chi connectivity index (χ1) is 15.1. The second-order valence-electron chi connectivity index (χ2n) is 8.00. The summed E-state index contributed by atoms with van der Waals surface area (Å²) in [4.78, 5) is 24.0. The summed E-state index contributed by atoms with van der Waals surface area (Å²) in [6.07, 6.45) is 5.07. The number of piperidine rings is 1. The Kier molecular flexibility index (Phi) is 6.34. The zero-order valence-corrected chi connectivity index (χ0v) is 18.5. The predicted molar refractivity (Wildman–Crippen MR) is 120 cm³/mol. The van der Waals surface area contributed by atoms with Gasteiger partial charge in [0.15, 0.2) is 0 Å². The summed E-state index contributed by atoms with van der Waals surface area (Å²) >= 11 is 0. The summed E-state index contributed by atoms with van der Waals surface area (Å²) in [6, 6.07) is 7.97. The maximum Gasteiger partial charge on any atom is 0.254 e. The third-order valence-corrected chi connectivity index (χ3v) is 6.02. The number of aromatic nitrogens is 4. The van der Waals surface area contributed by atoms with Gasteiger partial charge in [-0.15, -0.1) is 0 Å². The van der Waals surface area contributed by atoms with Gasteiger partial charge in [0.1, 0.15) is 17.9 Å². The lowest BCUT2D eigenvalue weighted by Crippen LogP contribution is -2.44. The molecule has 2 aromatic heterocycles. The van der Waals surface area contributed by atoms with E-state index in [1.165, 1.54) is 17.5 Å². The molecule has 164 valence electrons. The fraction of sp³-hybridized carbons (Fsp3) is 0.478. The highest BCUT2D eigenvalue weighted by Gasteiger charge is 2.29. The molecule has 1 saturated heterocycles. The van der Waals surface area contributed by atoms with Crippen molar-refractivity contribution in [3.63, 3.8) is 0 Å². The smallest absolute Gasteiger partial charge is 0.254 e. The van der Waals surface area contributed by atoms with E-state index >= 15 is 0 Å². The van der Waals surface area contributed by atoms with Crippen molar-refractivity contribution in [2.24, 2.45) is 5.92 Å². The SMILES string of the molecule is CCc1c(C)nc2ncnn2c1N1CCC[C@H](C(=O)NCCc2ccc(OC)cc2)C1. The molecule has 3 aromatic rings. The van der Waals surface area contributed by atoms with Gasteiger partial charge in [-0.1, -0.05) is 19.1 Å². The first-order valence-corrected chi connectivity index (χ1v) is 11.0. The van der Waals surface area contributed by atoms with Crippen molar-refractivity contribution in [1.29, 1.82) is 0 Å². The number of carbonyl (C=O) groups is 1. The number of benzene rings is 1. The van der Waals surface area contributed by atoms with E-state index in [4.69, 9.17) is 4.74 Å². The molecule has 1 N–H and O–H groups in total. The Bertz CT molecular complexity index is 1050. The minimum Gasteiger partial charge on any atom is -0.497 e. The molecule has 8 heteroatoms. The number of methoxy groups -OCH3 is 1. The quantitative estimate of drug-likeness (QED) is 0.630. The Balaban J connectivity index is 1.42. The van der Waals surface area contributed by atoms with Crippen molar-refractivity contribution < 1.29 is 9.53 Å². The van der Waals surface area contributed by atoms with E-state index in [0.717, 1.165) is 49.5 Å². The van der Waals surface area contributed by atoms with Crippen LogP contribution in [0.3, 0.4) is 0 Å². The van der Waals surface area contributed by atoms with E-state index in [2.05, 4.69) is 32.2 Å². The molecule has 0 saturated carbocycles. The maximum absolute atomic E-state index is 12.9. The Morgan fingerprint density at radius 1 is 1.29 bits per heavy atom. The van der Waals surface area contributed by atoms with Crippen LogP contribution in [0, 0.1) is 12.8 Å². The van der Waals surface area contributed by atoms with E-state index in [0.29, 0.717) is 18.9 Å². The number of amides is 1. The third kappa shape index (κ3) is 4.47. The average Bonchev–Trinajstić information content (AvgIpc) is 3.26. The van der Waals surface area contributed by atoms with Gasteiger partial charge in [-0.05, 0) is 50.3 Å². The monoisotopic (exact) mass is 422 g/mol. The molecule has 8 nitrogen and oxygen atoms in total. The number of anilines is 1. The van der Waals surface area contributed by atoms with Crippen LogP contribution in [-0.2, 0) is 17.6 Å². The standard InChI is InChI=1S/C23H30N6O2/c1-4-20-16(2)27-23-25-15-26-29(23)22(20)28-13-5-6-18(14-28)21(30)24-12-11-17-7-9-19(31-3)10-8-17/h7-10,15,18H,4-6,11-14H2,1-3H3,(H,24,30)/t18-/m0/s1. The number of rotatable bonds is 7. The maximum atomic E-state index is 12.9. The lowest BCUT2D eigenvalue weighted by Gasteiger charge is -2.35. The molecule has 1 aliphatic heterocycles. The molecule has 1 aromatic carbocycles. The fourth-order valence-corrected chi connectivity index (χ4v) is 4.36. The normalized spacial score (nSPS) is 16.5. The first kappa shape index (κ1) is 21.1. The number of hydrogen-bond donors (Lipinski definition) is 1. The minimum atomic E-state index is -0.0404. The van der Waals surface area contributed by atoms with Crippen LogP contribution in [0.25, 0.3) is 5.78 Å². The molecular formula is C23H30N6O2. The second-order valence-corrected chi connectivity index (χ2v) is 8.00. The molecule has 1 aliphatic rings. The molecule has 0 bridgehead atoms. The van der Waals surface area contributed by atoms with Crippen LogP contribution in [0.2, 0.25) is 0 Å². The number of ether oxygens (including phenoxy) is 1. The largest absolute Gasteiger partial charge is 0.497 e. The molecule has 0 spiro atoms. The van der Waals surface area contributed by atoms with Gasteiger partial charge < -0.3 is 15.0 Å². The van der Waals surface area contributed by atoms with E-state index in [-0.39, 0.29) is 11.8 Å². The van der Waals surface area contributed by atoms with Gasteiger partial charge in [-0.3, -0.25) is 4.79 Å². The fourth-order valence-electron chi connectivity index (χ4n) is 4.36. The molecule has 0 radical (unpaired) electrons. The molecule has 4 rings (SSSR count). The van der Waals surface area contributed by atoms with Crippen molar-refractivity contribution in [3.8, 4) is 5.75 Å². The van der Waals surface area contributed by atoms with Crippen molar-refractivity contribution >= 4 is 17.5 Å². The highest BCUT2D eigenvalue weighted by molar-refractivity contribution is 5.79. The van der Waals surface area contributed by atoms with E-state index in [9.17, 15) is 4.79 Å². The Morgan fingerprint density at radius 2 is 2.10 bits per heavy atom. The molecule has 0 aliphatic carbocycles. The lowest BCUT2D eigenvalue weighted by molar-refractivity contribution is -0.125. The van der Waals surface area contributed by atoms with Gasteiger partial charge in [0, 0.05) is 30.9 Å². The third-order valence-electron chi connectivity index (χ3n) is 6.02. The molecule has 31 heavy (non-hydrogen) atoms. The van der Waals surface area contributed by atoms with Gasteiger partial charge in [0.25, 0.3) is 5.78 Å². The molecule has 1 atom stereocenters. The number of nitrogens with one attached hydrogen (secondary N) is 1. The molecule has 1 amide bonds. The summed E-state index contributed by atoms with van der Waals surface area (Å²) in [5.41, 5.74) is 3.32. The molecular weight excluding hydrogens is 392 g/mol. The Labute approximate surface area is 182 Å². The van der Waals surface area contributed by atoms with Gasteiger partial charge in [-0.2, -0.15) is 14.6 Å². The van der Waals surface area contributed by atoms with Gasteiger partial charge in [0.05, 0.1) is 13.0 Å². The molecule has 1 fully saturated rings. The molecule has 3 heterocycles. The second kappa shape index (κ2) is 9.32. The van der Waals surface area contributed by atoms with Crippen molar-refractivity contribution in [3.05, 3.63) is 47.4 Å². The Morgan fingerprint density at radius 3 is 2.84 bits per heavy atom. The zero-order chi connectivity index (χ0) is 21.8.